The molecule has 26 heavy (non-hydrogen) atoms. The molecule has 3 nitrogen and oxygen atoms in total. The van der Waals surface area contributed by atoms with Gasteiger partial charge in [0.05, 0.1) is 6.54 Å². The highest BCUT2D eigenvalue weighted by Gasteiger charge is 2.16. The van der Waals surface area contributed by atoms with Gasteiger partial charge in [0.25, 0.3) is 0 Å². The number of benzene rings is 3. The molecule has 0 aliphatic rings. The lowest BCUT2D eigenvalue weighted by Gasteiger charge is -2.08. The highest BCUT2D eigenvalue weighted by molar-refractivity contribution is 6.31. The van der Waals surface area contributed by atoms with E-state index in [0.717, 1.165) is 11.1 Å². The molecule has 3 aromatic carbocycles. The van der Waals surface area contributed by atoms with Gasteiger partial charge in [-0.2, -0.15) is 5.10 Å². The SMILES string of the molecule is Fc1cccc(Cl)c1Cn1nc(-c2ccccc2)nc1-c1ccccc1. The molecule has 4 rings (SSSR count). The maximum absolute atomic E-state index is 14.3. The molecule has 0 unspecified atom stereocenters. The standard InChI is InChI=1S/C21H15ClFN3/c22-18-12-7-13-19(23)17(18)14-26-21(16-10-5-2-6-11-16)24-20(25-26)15-8-3-1-4-9-15/h1-13H,14H2. The number of aromatic nitrogens is 3. The fourth-order valence-electron chi connectivity index (χ4n) is 2.80. The Kier molecular flexibility index (Phi) is 4.50. The lowest BCUT2D eigenvalue weighted by atomic mass is 10.2. The fourth-order valence-corrected chi connectivity index (χ4v) is 3.02. The van der Waals surface area contributed by atoms with E-state index in [9.17, 15) is 4.39 Å². The summed E-state index contributed by atoms with van der Waals surface area (Å²) in [7, 11) is 0. The summed E-state index contributed by atoms with van der Waals surface area (Å²) in [5.41, 5.74) is 2.22. The van der Waals surface area contributed by atoms with Crippen molar-refractivity contribution in [2.24, 2.45) is 0 Å². The lowest BCUT2D eigenvalue weighted by molar-refractivity contribution is 0.587. The third-order valence-electron chi connectivity index (χ3n) is 4.11. The summed E-state index contributed by atoms with van der Waals surface area (Å²) in [5, 5.41) is 4.99. The van der Waals surface area contributed by atoms with Gasteiger partial charge >= 0.3 is 0 Å². The predicted molar refractivity (Wildman–Crippen MR) is 101 cm³/mol. The highest BCUT2D eigenvalue weighted by Crippen LogP contribution is 2.26. The van der Waals surface area contributed by atoms with E-state index in [4.69, 9.17) is 16.6 Å². The van der Waals surface area contributed by atoms with E-state index in [1.54, 1.807) is 16.8 Å². The first-order valence-corrected chi connectivity index (χ1v) is 8.59. The van der Waals surface area contributed by atoms with Crippen LogP contribution in [0.2, 0.25) is 5.02 Å². The Morgan fingerprint density at radius 2 is 1.46 bits per heavy atom. The molecule has 4 aromatic rings. The van der Waals surface area contributed by atoms with Gasteiger partial charge in [0.2, 0.25) is 0 Å². The smallest absolute Gasteiger partial charge is 0.181 e. The fraction of sp³-hybridized carbons (Fsp3) is 0.0476. The maximum atomic E-state index is 14.3. The molecule has 0 atom stereocenters. The topological polar surface area (TPSA) is 30.7 Å². The van der Waals surface area contributed by atoms with Crippen molar-refractivity contribution in [1.82, 2.24) is 14.8 Å². The van der Waals surface area contributed by atoms with Crippen molar-refractivity contribution >= 4 is 11.6 Å². The van der Waals surface area contributed by atoms with Crippen LogP contribution in [0, 0.1) is 5.82 Å². The van der Waals surface area contributed by atoms with Crippen LogP contribution in [0.5, 0.6) is 0 Å². The Morgan fingerprint density at radius 1 is 0.808 bits per heavy atom. The summed E-state index contributed by atoms with van der Waals surface area (Å²) in [6.07, 6.45) is 0. The minimum Gasteiger partial charge on any atom is -0.241 e. The van der Waals surface area contributed by atoms with Crippen LogP contribution >= 0.6 is 11.6 Å². The zero-order valence-electron chi connectivity index (χ0n) is 13.8. The van der Waals surface area contributed by atoms with Crippen LogP contribution in [-0.2, 0) is 6.54 Å². The molecule has 0 radical (unpaired) electrons. The summed E-state index contributed by atoms with van der Waals surface area (Å²) in [4.78, 5) is 4.69. The van der Waals surface area contributed by atoms with Gasteiger partial charge in [0.15, 0.2) is 11.6 Å². The van der Waals surface area contributed by atoms with Crippen LogP contribution in [-0.4, -0.2) is 14.8 Å². The lowest BCUT2D eigenvalue weighted by Crippen LogP contribution is -2.06. The Balaban J connectivity index is 1.83. The first-order chi connectivity index (χ1) is 12.7. The molecule has 0 aliphatic carbocycles. The van der Waals surface area contributed by atoms with Gasteiger partial charge in [-0.05, 0) is 12.1 Å². The van der Waals surface area contributed by atoms with Gasteiger partial charge < -0.3 is 0 Å². The van der Waals surface area contributed by atoms with Gasteiger partial charge in [0.1, 0.15) is 5.82 Å². The van der Waals surface area contributed by atoms with E-state index >= 15 is 0 Å². The summed E-state index contributed by atoms with van der Waals surface area (Å²) < 4.78 is 16.0. The minimum absolute atomic E-state index is 0.204. The monoisotopic (exact) mass is 363 g/mol. The first kappa shape index (κ1) is 16.5. The molecule has 128 valence electrons. The molecule has 5 heteroatoms. The van der Waals surface area contributed by atoms with Crippen molar-refractivity contribution in [3.63, 3.8) is 0 Å². The molecule has 1 aromatic heterocycles. The third-order valence-corrected chi connectivity index (χ3v) is 4.46. The van der Waals surface area contributed by atoms with Gasteiger partial charge in [-0.25, -0.2) is 14.1 Å². The number of nitrogens with zero attached hydrogens (tertiary/aromatic N) is 3. The highest BCUT2D eigenvalue weighted by atomic mass is 35.5. The van der Waals surface area contributed by atoms with Gasteiger partial charge in [-0.1, -0.05) is 78.3 Å². The number of hydrogen-bond acceptors (Lipinski definition) is 2. The van der Waals surface area contributed by atoms with Crippen molar-refractivity contribution in [2.45, 2.75) is 6.54 Å². The minimum atomic E-state index is -0.353. The second-order valence-corrected chi connectivity index (χ2v) is 6.26. The molecular weight excluding hydrogens is 349 g/mol. The quantitative estimate of drug-likeness (QED) is 0.482. The summed E-state index contributed by atoms with van der Waals surface area (Å²) in [6, 6.07) is 24.1. The van der Waals surface area contributed by atoms with Crippen molar-refractivity contribution in [2.75, 3.05) is 0 Å². The van der Waals surface area contributed by atoms with Crippen molar-refractivity contribution in [1.29, 1.82) is 0 Å². The number of hydrogen-bond donors (Lipinski definition) is 0. The maximum Gasteiger partial charge on any atom is 0.181 e. The molecule has 0 fully saturated rings. The van der Waals surface area contributed by atoms with Crippen molar-refractivity contribution in [3.05, 3.63) is 95.3 Å². The molecule has 0 aliphatic heterocycles. The van der Waals surface area contributed by atoms with Crippen LogP contribution in [0.15, 0.2) is 78.9 Å². The summed E-state index contributed by atoms with van der Waals surface area (Å²) >= 11 is 6.20. The first-order valence-electron chi connectivity index (χ1n) is 8.21. The summed E-state index contributed by atoms with van der Waals surface area (Å²) in [5.74, 6) is 0.911. The van der Waals surface area contributed by atoms with Crippen molar-refractivity contribution in [3.8, 4) is 22.8 Å². The molecule has 0 spiro atoms. The largest absolute Gasteiger partial charge is 0.241 e. The van der Waals surface area contributed by atoms with Crippen LogP contribution in [0.3, 0.4) is 0 Å². The third kappa shape index (κ3) is 3.24. The zero-order chi connectivity index (χ0) is 17.9. The van der Waals surface area contributed by atoms with Crippen LogP contribution < -0.4 is 0 Å². The Labute approximate surface area is 155 Å². The van der Waals surface area contributed by atoms with E-state index in [0.29, 0.717) is 22.2 Å². The zero-order valence-corrected chi connectivity index (χ0v) is 14.6. The van der Waals surface area contributed by atoms with Gasteiger partial charge in [0, 0.05) is 21.7 Å². The normalized spacial score (nSPS) is 10.8. The molecular formula is C21H15ClFN3. The van der Waals surface area contributed by atoms with Gasteiger partial charge in [-0.3, -0.25) is 0 Å². The molecule has 1 heterocycles. The Bertz CT molecular complexity index is 1010. The number of halogens is 2. The van der Waals surface area contributed by atoms with Crippen LogP contribution in [0.25, 0.3) is 22.8 Å². The molecule has 0 saturated carbocycles. The van der Waals surface area contributed by atoms with E-state index < -0.39 is 0 Å². The average molecular weight is 364 g/mol. The summed E-state index contributed by atoms with van der Waals surface area (Å²) in [6.45, 7) is 0.204. The van der Waals surface area contributed by atoms with Crippen LogP contribution in [0.4, 0.5) is 4.39 Å². The molecule has 0 amide bonds. The number of rotatable bonds is 4. The average Bonchev–Trinajstić information content (AvgIpc) is 3.10. The van der Waals surface area contributed by atoms with Crippen molar-refractivity contribution < 1.29 is 4.39 Å². The molecule has 0 N–H and O–H groups in total. The second kappa shape index (κ2) is 7.10. The van der Waals surface area contributed by atoms with Crippen LogP contribution in [0.1, 0.15) is 5.56 Å². The van der Waals surface area contributed by atoms with E-state index in [1.807, 2.05) is 60.7 Å². The van der Waals surface area contributed by atoms with Gasteiger partial charge in [-0.15, -0.1) is 0 Å². The van der Waals surface area contributed by atoms with E-state index in [1.165, 1.54) is 6.07 Å². The Hall–Kier alpha value is -2.98. The second-order valence-electron chi connectivity index (χ2n) is 5.85. The molecule has 0 bridgehead atoms. The molecule has 0 saturated heterocycles. The Morgan fingerprint density at radius 3 is 2.12 bits per heavy atom. The van der Waals surface area contributed by atoms with E-state index in [2.05, 4.69) is 5.10 Å². The van der Waals surface area contributed by atoms with E-state index in [-0.39, 0.29) is 12.4 Å². The predicted octanol–water partition coefficient (Wildman–Crippen LogP) is 5.45.